The highest BCUT2D eigenvalue weighted by Crippen LogP contribution is 2.29. The van der Waals surface area contributed by atoms with Crippen LogP contribution in [0.5, 0.6) is 0 Å². The number of rotatable bonds is 6. The van der Waals surface area contributed by atoms with E-state index >= 15 is 0 Å². The van der Waals surface area contributed by atoms with Crippen LogP contribution in [-0.4, -0.2) is 21.6 Å². The van der Waals surface area contributed by atoms with Crippen molar-refractivity contribution in [1.82, 2.24) is 15.3 Å². The van der Waals surface area contributed by atoms with Crippen LogP contribution in [0.25, 0.3) is 20.7 Å². The molecule has 0 radical (unpaired) electrons. The lowest BCUT2D eigenvalue weighted by atomic mass is 10.2. The van der Waals surface area contributed by atoms with Gasteiger partial charge in [0.2, 0.25) is 5.91 Å². The standard InChI is InChI=1S/C19H15N3OS3/c23-18(12-25-19-22-15-4-1-2-5-17(15)26-19)21-10-13-8-14(11-20-9-13)16-6-3-7-24-16/h1-9,11H,10,12H2,(H,21,23). The third-order valence-electron chi connectivity index (χ3n) is 3.69. The Bertz CT molecular complexity index is 994. The second-order valence-electron chi connectivity index (χ2n) is 5.57. The van der Waals surface area contributed by atoms with Gasteiger partial charge < -0.3 is 5.32 Å². The molecule has 1 aromatic carbocycles. The van der Waals surface area contributed by atoms with Crippen molar-refractivity contribution in [2.24, 2.45) is 0 Å². The number of hydrogen-bond acceptors (Lipinski definition) is 6. The van der Waals surface area contributed by atoms with E-state index in [4.69, 9.17) is 0 Å². The summed E-state index contributed by atoms with van der Waals surface area (Å²) in [6.45, 7) is 0.478. The zero-order valence-electron chi connectivity index (χ0n) is 13.7. The van der Waals surface area contributed by atoms with E-state index in [0.717, 1.165) is 25.7 Å². The molecular weight excluding hydrogens is 382 g/mol. The quantitative estimate of drug-likeness (QED) is 0.474. The van der Waals surface area contributed by atoms with Crippen molar-refractivity contribution in [3.05, 3.63) is 65.8 Å². The van der Waals surface area contributed by atoms with Crippen LogP contribution >= 0.6 is 34.4 Å². The molecule has 3 aromatic heterocycles. The van der Waals surface area contributed by atoms with Crippen molar-refractivity contribution >= 4 is 50.6 Å². The Morgan fingerprint density at radius 1 is 1.15 bits per heavy atom. The van der Waals surface area contributed by atoms with Crippen LogP contribution in [0.1, 0.15) is 5.56 Å². The Kier molecular flexibility index (Phi) is 5.29. The average molecular weight is 398 g/mol. The molecule has 7 heteroatoms. The fourth-order valence-corrected chi connectivity index (χ4v) is 5.06. The van der Waals surface area contributed by atoms with Gasteiger partial charge in [-0.1, -0.05) is 30.0 Å². The first-order valence-electron chi connectivity index (χ1n) is 8.01. The zero-order chi connectivity index (χ0) is 17.8. The van der Waals surface area contributed by atoms with Crippen molar-refractivity contribution in [3.63, 3.8) is 0 Å². The fourth-order valence-electron chi connectivity index (χ4n) is 2.45. The predicted octanol–water partition coefficient (Wildman–Crippen LogP) is 4.83. The van der Waals surface area contributed by atoms with Gasteiger partial charge in [-0.2, -0.15) is 0 Å². The summed E-state index contributed by atoms with van der Waals surface area (Å²) >= 11 is 4.77. The molecule has 0 aliphatic heterocycles. The minimum Gasteiger partial charge on any atom is -0.351 e. The van der Waals surface area contributed by atoms with Crippen LogP contribution in [-0.2, 0) is 11.3 Å². The van der Waals surface area contributed by atoms with Crippen molar-refractivity contribution in [2.45, 2.75) is 10.9 Å². The molecule has 4 rings (SSSR count). The summed E-state index contributed by atoms with van der Waals surface area (Å²) in [5, 5.41) is 5.00. The highest BCUT2D eigenvalue weighted by atomic mass is 32.2. The van der Waals surface area contributed by atoms with E-state index in [1.165, 1.54) is 16.6 Å². The van der Waals surface area contributed by atoms with Crippen molar-refractivity contribution in [2.75, 3.05) is 5.75 Å². The molecule has 4 nitrogen and oxygen atoms in total. The molecule has 0 saturated heterocycles. The molecule has 3 heterocycles. The van der Waals surface area contributed by atoms with Gasteiger partial charge in [0, 0.05) is 29.4 Å². The van der Waals surface area contributed by atoms with Gasteiger partial charge in [-0.05, 0) is 35.2 Å². The zero-order valence-corrected chi connectivity index (χ0v) is 16.2. The van der Waals surface area contributed by atoms with Crippen LogP contribution in [0.15, 0.2) is 64.6 Å². The molecule has 0 aliphatic carbocycles. The lowest BCUT2D eigenvalue weighted by Crippen LogP contribution is -2.24. The second kappa shape index (κ2) is 7.99. The monoisotopic (exact) mass is 397 g/mol. The van der Waals surface area contributed by atoms with Gasteiger partial charge in [0.1, 0.15) is 0 Å². The topological polar surface area (TPSA) is 54.9 Å². The van der Waals surface area contributed by atoms with Gasteiger partial charge in [-0.3, -0.25) is 9.78 Å². The number of nitrogens with one attached hydrogen (secondary N) is 1. The van der Waals surface area contributed by atoms with E-state index < -0.39 is 0 Å². The summed E-state index contributed by atoms with van der Waals surface area (Å²) in [5.41, 5.74) is 3.06. The number of benzene rings is 1. The molecule has 0 spiro atoms. The number of carbonyl (C=O) groups excluding carboxylic acids is 1. The Labute approximate surface area is 163 Å². The van der Waals surface area contributed by atoms with Crippen LogP contribution in [0, 0.1) is 0 Å². The Hall–Kier alpha value is -2.22. The fraction of sp³-hybridized carbons (Fsp3) is 0.105. The molecule has 4 aromatic rings. The minimum atomic E-state index is -0.00390. The van der Waals surface area contributed by atoms with E-state index in [1.54, 1.807) is 28.9 Å². The SMILES string of the molecule is O=C(CSc1nc2ccccc2s1)NCc1cncc(-c2cccs2)c1. The summed E-state index contributed by atoms with van der Waals surface area (Å²) in [6.07, 6.45) is 3.64. The lowest BCUT2D eigenvalue weighted by Gasteiger charge is -2.06. The van der Waals surface area contributed by atoms with Crippen LogP contribution in [0.3, 0.4) is 0 Å². The number of nitrogens with zero attached hydrogens (tertiary/aromatic N) is 2. The van der Waals surface area contributed by atoms with Crippen molar-refractivity contribution in [3.8, 4) is 10.4 Å². The summed E-state index contributed by atoms with van der Waals surface area (Å²) in [4.78, 5) is 22.1. The number of thioether (sulfide) groups is 1. The molecule has 0 saturated carbocycles. The van der Waals surface area contributed by atoms with Crippen LogP contribution < -0.4 is 5.32 Å². The number of aromatic nitrogens is 2. The first-order valence-corrected chi connectivity index (χ1v) is 10.7. The van der Waals surface area contributed by atoms with E-state index in [2.05, 4.69) is 27.4 Å². The first kappa shape index (κ1) is 17.2. The third kappa shape index (κ3) is 4.12. The number of carbonyl (C=O) groups is 1. The summed E-state index contributed by atoms with van der Waals surface area (Å²) in [5.74, 6) is 0.355. The maximum Gasteiger partial charge on any atom is 0.230 e. The number of para-hydroxylation sites is 1. The van der Waals surface area contributed by atoms with Gasteiger partial charge >= 0.3 is 0 Å². The molecule has 130 valence electrons. The largest absolute Gasteiger partial charge is 0.351 e. The van der Waals surface area contributed by atoms with E-state index in [0.29, 0.717) is 12.3 Å². The molecule has 0 atom stereocenters. The van der Waals surface area contributed by atoms with E-state index in [-0.39, 0.29) is 5.91 Å². The highest BCUT2D eigenvalue weighted by Gasteiger charge is 2.08. The second-order valence-corrected chi connectivity index (χ2v) is 8.77. The lowest BCUT2D eigenvalue weighted by molar-refractivity contribution is -0.118. The van der Waals surface area contributed by atoms with Gasteiger partial charge in [0.15, 0.2) is 4.34 Å². The van der Waals surface area contributed by atoms with Crippen molar-refractivity contribution in [1.29, 1.82) is 0 Å². The Morgan fingerprint density at radius 3 is 2.92 bits per heavy atom. The van der Waals surface area contributed by atoms with Gasteiger partial charge in [-0.15, -0.1) is 22.7 Å². The van der Waals surface area contributed by atoms with Crippen LogP contribution in [0.4, 0.5) is 0 Å². The highest BCUT2D eigenvalue weighted by molar-refractivity contribution is 8.01. The number of thiophene rings is 1. The number of thiazole rings is 1. The van der Waals surface area contributed by atoms with E-state index in [1.807, 2.05) is 41.9 Å². The molecule has 1 N–H and O–H groups in total. The Morgan fingerprint density at radius 2 is 2.08 bits per heavy atom. The average Bonchev–Trinajstić information content (AvgIpc) is 3.34. The van der Waals surface area contributed by atoms with E-state index in [9.17, 15) is 4.79 Å². The normalized spacial score (nSPS) is 10.9. The summed E-state index contributed by atoms with van der Waals surface area (Å²) in [6, 6.07) is 14.2. The number of pyridine rings is 1. The summed E-state index contributed by atoms with van der Waals surface area (Å²) in [7, 11) is 0. The summed E-state index contributed by atoms with van der Waals surface area (Å²) < 4.78 is 2.06. The molecule has 26 heavy (non-hydrogen) atoms. The maximum atomic E-state index is 12.1. The van der Waals surface area contributed by atoms with Crippen molar-refractivity contribution < 1.29 is 4.79 Å². The molecule has 0 fully saturated rings. The number of amides is 1. The number of hydrogen-bond donors (Lipinski definition) is 1. The maximum absolute atomic E-state index is 12.1. The minimum absolute atomic E-state index is 0.00390. The van der Waals surface area contributed by atoms with Gasteiger partial charge in [-0.25, -0.2) is 4.98 Å². The molecule has 0 bridgehead atoms. The Balaban J connectivity index is 1.32. The van der Waals surface area contributed by atoms with Gasteiger partial charge in [0.25, 0.3) is 0 Å². The molecule has 0 unspecified atom stereocenters. The third-order valence-corrected chi connectivity index (χ3v) is 6.79. The predicted molar refractivity (Wildman–Crippen MR) is 110 cm³/mol. The molecular formula is C19H15N3OS3. The molecule has 1 amide bonds. The van der Waals surface area contributed by atoms with Crippen LogP contribution in [0.2, 0.25) is 0 Å². The smallest absolute Gasteiger partial charge is 0.230 e. The molecule has 0 aliphatic rings. The van der Waals surface area contributed by atoms with Gasteiger partial charge in [0.05, 0.1) is 16.0 Å². The first-order chi connectivity index (χ1) is 12.8. The number of fused-ring (bicyclic) bond motifs is 1.